The summed E-state index contributed by atoms with van der Waals surface area (Å²) >= 11 is 0. The Morgan fingerprint density at radius 1 is 1.00 bits per heavy atom. The van der Waals surface area contributed by atoms with E-state index in [1.807, 2.05) is 0 Å². The highest BCUT2D eigenvalue weighted by Gasteiger charge is 2.23. The molecule has 0 bridgehead atoms. The van der Waals surface area contributed by atoms with Crippen LogP contribution in [-0.2, 0) is 0 Å². The lowest BCUT2D eigenvalue weighted by Crippen LogP contribution is -2.31. The average molecular weight is 399 g/mol. The highest BCUT2D eigenvalue weighted by Crippen LogP contribution is 2.37. The highest BCUT2D eigenvalue weighted by atomic mass is 16.3. The van der Waals surface area contributed by atoms with E-state index in [2.05, 4.69) is 93.1 Å². The largest absolute Gasteiger partial charge is 0.452 e. The van der Waals surface area contributed by atoms with E-state index in [-0.39, 0.29) is 5.54 Å². The molecule has 0 saturated carbocycles. The lowest BCUT2D eigenvalue weighted by molar-refractivity contribution is 0.627. The van der Waals surface area contributed by atoms with E-state index >= 15 is 0 Å². The quantitative estimate of drug-likeness (QED) is 0.273. The molecule has 152 valence electrons. The summed E-state index contributed by atoms with van der Waals surface area (Å²) in [7, 11) is 0. The number of rotatable bonds is 2. The molecule has 1 N–H and O–H groups in total. The molecule has 0 radical (unpaired) electrons. The Morgan fingerprint density at radius 2 is 1.80 bits per heavy atom. The molecule has 0 unspecified atom stereocenters. The van der Waals surface area contributed by atoms with Crippen molar-refractivity contribution in [3.8, 4) is 0 Å². The molecule has 2 heterocycles. The van der Waals surface area contributed by atoms with Crippen molar-refractivity contribution < 1.29 is 4.42 Å². The molecule has 1 aliphatic heterocycles. The number of allylic oxidation sites excluding steroid dienone is 1. The van der Waals surface area contributed by atoms with E-state index in [0.29, 0.717) is 0 Å². The van der Waals surface area contributed by atoms with Gasteiger partial charge >= 0.3 is 0 Å². The van der Waals surface area contributed by atoms with Crippen LogP contribution in [-0.4, -0.2) is 23.6 Å². The molecule has 30 heavy (non-hydrogen) atoms. The van der Waals surface area contributed by atoms with Crippen LogP contribution in [0.5, 0.6) is 0 Å². The van der Waals surface area contributed by atoms with Crippen LogP contribution in [0.1, 0.15) is 40.2 Å². The fourth-order valence-electron chi connectivity index (χ4n) is 4.67. The maximum atomic E-state index is 6.45. The summed E-state index contributed by atoms with van der Waals surface area (Å²) in [6.07, 6.45) is 2.26. The Labute approximate surface area is 176 Å². The summed E-state index contributed by atoms with van der Waals surface area (Å²) in [5, 5.41) is 7.12. The molecule has 1 aromatic heterocycles. The molecule has 0 spiro atoms. The topological polar surface area (TPSA) is 41.1 Å². The summed E-state index contributed by atoms with van der Waals surface area (Å²) in [4.78, 5) is 4.94. The normalized spacial score (nSPS) is 15.2. The zero-order chi connectivity index (χ0) is 21.0. The van der Waals surface area contributed by atoms with Gasteiger partial charge in [0.1, 0.15) is 24.1 Å². The number of benzene rings is 3. The Kier molecular flexibility index (Phi) is 4.21. The van der Waals surface area contributed by atoms with Crippen LogP contribution in [0.3, 0.4) is 0 Å². The van der Waals surface area contributed by atoms with Crippen LogP contribution in [0.4, 0.5) is 5.69 Å². The fraction of sp³-hybridized carbons (Fsp3) is 0.308. The second-order valence-corrected chi connectivity index (χ2v) is 8.74. The fourth-order valence-corrected chi connectivity index (χ4v) is 4.67. The Hall–Kier alpha value is -3.14. The lowest BCUT2D eigenvalue weighted by atomic mass is 9.91. The van der Waals surface area contributed by atoms with Crippen molar-refractivity contribution >= 4 is 44.2 Å². The molecule has 5 rings (SSSR count). The standard InChI is InChI=1S/C26H27N3O/c1-6-29(7-2)18-9-10-19-17(12-18)8-11-21-25(19)30-24-14-22-20(13-23(24)27-21)16(3)15-26(4,5)28-22/h8-15H,6-7H2,1-5H3/p+1. The van der Waals surface area contributed by atoms with Crippen LogP contribution in [0.15, 0.2) is 53.0 Å². The van der Waals surface area contributed by atoms with E-state index in [4.69, 9.17) is 9.40 Å². The molecule has 4 aromatic rings. The molecule has 4 nitrogen and oxygen atoms in total. The molecule has 0 atom stereocenters. The molecule has 0 aliphatic carbocycles. The first-order chi connectivity index (χ1) is 14.4. The van der Waals surface area contributed by atoms with Gasteiger partial charge in [-0.3, -0.25) is 0 Å². The smallest absolute Gasteiger partial charge is 0.200 e. The van der Waals surface area contributed by atoms with E-state index in [0.717, 1.165) is 46.4 Å². The van der Waals surface area contributed by atoms with Gasteiger partial charge in [0, 0.05) is 34.8 Å². The van der Waals surface area contributed by atoms with Crippen LogP contribution in [0.2, 0.25) is 0 Å². The summed E-state index contributed by atoms with van der Waals surface area (Å²) in [6.45, 7) is 12.9. The molecule has 0 fully saturated rings. The number of hydrogen-bond acceptors (Lipinski definition) is 3. The summed E-state index contributed by atoms with van der Waals surface area (Å²) < 4.78 is 8.80. The first kappa shape index (κ1) is 18.9. The van der Waals surface area contributed by atoms with Gasteiger partial charge in [0.2, 0.25) is 5.36 Å². The van der Waals surface area contributed by atoms with Gasteiger partial charge in [-0.25, -0.2) is 9.56 Å². The van der Waals surface area contributed by atoms with Crippen molar-refractivity contribution in [3.63, 3.8) is 0 Å². The highest BCUT2D eigenvalue weighted by molar-refractivity contribution is 6.04. The van der Waals surface area contributed by atoms with Gasteiger partial charge in [-0.05, 0) is 63.8 Å². The maximum Gasteiger partial charge on any atom is 0.200 e. The van der Waals surface area contributed by atoms with Crippen molar-refractivity contribution in [1.29, 1.82) is 0 Å². The summed E-state index contributed by atoms with van der Waals surface area (Å²) in [5.74, 6) is 0. The minimum Gasteiger partial charge on any atom is -0.452 e. The Morgan fingerprint density at radius 3 is 2.57 bits per heavy atom. The van der Waals surface area contributed by atoms with Crippen molar-refractivity contribution in [3.05, 3.63) is 59.5 Å². The number of fused-ring (bicyclic) bond motifs is 5. The van der Waals surface area contributed by atoms with Gasteiger partial charge < -0.3 is 9.73 Å². The number of aromatic nitrogens is 1. The van der Waals surface area contributed by atoms with E-state index < -0.39 is 0 Å². The zero-order valence-corrected chi connectivity index (χ0v) is 18.3. The molecule has 0 saturated heterocycles. The van der Waals surface area contributed by atoms with Gasteiger partial charge in [0.15, 0.2) is 11.2 Å². The van der Waals surface area contributed by atoms with Crippen LogP contribution >= 0.6 is 0 Å². The number of nitrogens with one attached hydrogen (secondary N) is 1. The third-order valence-corrected chi connectivity index (χ3v) is 6.07. The van der Waals surface area contributed by atoms with Crippen molar-refractivity contribution in [2.24, 2.45) is 0 Å². The van der Waals surface area contributed by atoms with Gasteiger partial charge in [-0.15, -0.1) is 0 Å². The summed E-state index contributed by atoms with van der Waals surface area (Å²) in [6, 6.07) is 15.0. The first-order valence-electron chi connectivity index (χ1n) is 10.8. The van der Waals surface area contributed by atoms with Crippen molar-refractivity contribution in [2.45, 2.75) is 40.2 Å². The van der Waals surface area contributed by atoms with E-state index in [1.54, 1.807) is 0 Å². The Balaban J connectivity index is 1.77. The predicted molar refractivity (Wildman–Crippen MR) is 127 cm³/mol. The van der Waals surface area contributed by atoms with E-state index in [1.165, 1.54) is 21.9 Å². The van der Waals surface area contributed by atoms with Crippen LogP contribution in [0, 0.1) is 0 Å². The third kappa shape index (κ3) is 2.98. The third-order valence-electron chi connectivity index (χ3n) is 6.07. The number of anilines is 1. The average Bonchev–Trinajstić information content (AvgIpc) is 2.71. The monoisotopic (exact) mass is 398 g/mol. The van der Waals surface area contributed by atoms with Gasteiger partial charge in [-0.2, -0.15) is 0 Å². The molecule has 0 amide bonds. The molecular weight excluding hydrogens is 370 g/mol. The van der Waals surface area contributed by atoms with Gasteiger partial charge in [-0.1, -0.05) is 12.1 Å². The lowest BCUT2D eigenvalue weighted by Gasteiger charge is -2.31. The second-order valence-electron chi connectivity index (χ2n) is 8.74. The molecule has 3 aromatic carbocycles. The van der Waals surface area contributed by atoms with Crippen LogP contribution < -0.4 is 15.2 Å². The van der Waals surface area contributed by atoms with Gasteiger partial charge in [0.25, 0.3) is 0 Å². The SMILES string of the molecule is CC[N+](CC)=c1ccc2c(ccc3nc4cc5c(cc4oc32)NC(C)(C)C=C5C)c1. The molecular formula is C26H28N3O+. The first-order valence-corrected chi connectivity index (χ1v) is 10.8. The minimum atomic E-state index is -0.0808. The Bertz CT molecular complexity index is 1420. The second kappa shape index (κ2) is 6.69. The van der Waals surface area contributed by atoms with Gasteiger partial charge in [0.05, 0.1) is 5.54 Å². The summed E-state index contributed by atoms with van der Waals surface area (Å²) in [5.41, 5.74) is 6.89. The number of nitrogens with zero attached hydrogens (tertiary/aromatic N) is 2. The van der Waals surface area contributed by atoms with Crippen LogP contribution in [0.25, 0.3) is 38.5 Å². The van der Waals surface area contributed by atoms with Crippen molar-refractivity contribution in [2.75, 3.05) is 18.4 Å². The minimum absolute atomic E-state index is 0.0808. The molecule has 4 heteroatoms. The van der Waals surface area contributed by atoms with E-state index in [9.17, 15) is 0 Å². The van der Waals surface area contributed by atoms with Crippen molar-refractivity contribution in [1.82, 2.24) is 9.56 Å². The predicted octanol–water partition coefficient (Wildman–Crippen LogP) is 5.55. The zero-order valence-electron chi connectivity index (χ0n) is 18.3. The maximum absolute atomic E-state index is 6.45. The number of hydrogen-bond donors (Lipinski definition) is 1. The molecule has 1 aliphatic rings.